The van der Waals surface area contributed by atoms with E-state index in [-0.39, 0.29) is 0 Å². The number of furan rings is 2. The molecule has 8 heteroatoms. The molecule has 0 aliphatic heterocycles. The maximum Gasteiger partial charge on any atom is 0.135 e. The molecule has 19 rings (SSSR count). The van der Waals surface area contributed by atoms with Crippen LogP contribution in [0.25, 0.3) is 95.3 Å². The first-order valence-electron chi connectivity index (χ1n) is 32.9. The molecule has 4 heterocycles. The summed E-state index contributed by atoms with van der Waals surface area (Å²) in [5.41, 5.74) is 19.4. The topological polar surface area (TPSA) is 39.2 Å². The van der Waals surface area contributed by atoms with Gasteiger partial charge in [-0.1, -0.05) is 182 Å². The van der Waals surface area contributed by atoms with Crippen LogP contribution >= 0.6 is 22.7 Å². The van der Waals surface area contributed by atoms with E-state index in [1.54, 1.807) is 0 Å². The summed E-state index contributed by atoms with van der Waals surface area (Å²) in [6.07, 6.45) is 0. The van der Waals surface area contributed by atoms with E-state index in [0.717, 1.165) is 112 Å². The number of para-hydroxylation sites is 7. The first kappa shape index (κ1) is 58.1. The van der Waals surface area contributed by atoms with Crippen LogP contribution in [0.4, 0.5) is 68.2 Å². The number of hydrogen-bond acceptors (Lipinski definition) is 8. The van der Waals surface area contributed by atoms with Gasteiger partial charge >= 0.3 is 0 Å². The third-order valence-electron chi connectivity index (χ3n) is 18.4. The molecule has 0 saturated heterocycles. The lowest BCUT2D eigenvalue weighted by atomic mass is 10.0. The lowest BCUT2D eigenvalue weighted by Gasteiger charge is -2.26. The molecule has 98 heavy (non-hydrogen) atoms. The molecule has 0 aliphatic carbocycles. The van der Waals surface area contributed by atoms with Gasteiger partial charge in [0.25, 0.3) is 0 Å². The van der Waals surface area contributed by atoms with Crippen molar-refractivity contribution < 1.29 is 8.83 Å². The maximum absolute atomic E-state index is 6.23. The zero-order chi connectivity index (χ0) is 64.9. The van der Waals surface area contributed by atoms with Gasteiger partial charge in [-0.15, -0.1) is 22.7 Å². The van der Waals surface area contributed by atoms with E-state index in [1.165, 1.54) is 51.5 Å². The van der Waals surface area contributed by atoms with Gasteiger partial charge in [-0.2, -0.15) is 0 Å². The highest BCUT2D eigenvalue weighted by molar-refractivity contribution is 7.26. The highest BCUT2D eigenvalue weighted by Crippen LogP contribution is 2.48. The molecular formula is C90H60N4O2S2. The van der Waals surface area contributed by atoms with Gasteiger partial charge < -0.3 is 28.4 Å². The molecule has 0 spiro atoms. The van der Waals surface area contributed by atoms with E-state index in [0.29, 0.717) is 0 Å². The molecule has 0 unspecified atom stereocenters. The minimum atomic E-state index is 0.888. The number of fused-ring (bicyclic) bond motifs is 12. The van der Waals surface area contributed by atoms with Gasteiger partial charge in [-0.05, 0) is 193 Å². The van der Waals surface area contributed by atoms with Gasteiger partial charge in [0.1, 0.15) is 22.3 Å². The Hall–Kier alpha value is -12.5. The highest BCUT2D eigenvalue weighted by atomic mass is 32.1. The monoisotopic (exact) mass is 1290 g/mol. The largest absolute Gasteiger partial charge is 0.456 e. The third kappa shape index (κ3) is 10.8. The Morgan fingerprint density at radius 2 is 0.449 bits per heavy atom. The number of rotatable bonds is 13. The second-order valence-corrected chi connectivity index (χ2v) is 26.6. The quantitative estimate of drug-likeness (QED) is 0.115. The SMILES string of the molecule is c1ccc(-c2cccc(N(c3ccc4c(c3)sc3ccc(N(c5ccccc5)c5ccccc5)cc34)c3ccc4oc5ccccc5c4c3)c2)cc1.c1ccc(N(c2ccc3c(c2)sc2ccc(N(c4ccccc4)c4ccccc4)cc23)c2ccc3oc4ccccc4c3c2)cc1. The zero-order valence-electron chi connectivity index (χ0n) is 53.1. The molecule has 0 bridgehead atoms. The van der Waals surface area contributed by atoms with Crippen LogP contribution < -0.4 is 19.6 Å². The third-order valence-corrected chi connectivity index (χ3v) is 20.7. The number of benzene rings is 15. The van der Waals surface area contributed by atoms with Crippen molar-refractivity contribution in [1.82, 2.24) is 0 Å². The van der Waals surface area contributed by atoms with Gasteiger partial charge in [0.15, 0.2) is 0 Å². The van der Waals surface area contributed by atoms with Gasteiger partial charge in [-0.25, -0.2) is 0 Å². The van der Waals surface area contributed by atoms with E-state index in [2.05, 4.69) is 359 Å². The van der Waals surface area contributed by atoms with Crippen molar-refractivity contribution in [3.63, 3.8) is 0 Å². The van der Waals surface area contributed by atoms with Crippen LogP contribution in [0.2, 0.25) is 0 Å². The molecule has 0 amide bonds. The first-order valence-corrected chi connectivity index (χ1v) is 34.6. The summed E-state index contributed by atoms with van der Waals surface area (Å²) in [5.74, 6) is 0. The van der Waals surface area contributed by atoms with Crippen molar-refractivity contribution >= 4 is 175 Å². The summed E-state index contributed by atoms with van der Waals surface area (Å²) in [7, 11) is 0. The van der Waals surface area contributed by atoms with Crippen LogP contribution in [-0.4, -0.2) is 0 Å². The summed E-state index contributed by atoms with van der Waals surface area (Å²) in [4.78, 5) is 9.36. The molecule has 15 aromatic carbocycles. The van der Waals surface area contributed by atoms with Crippen molar-refractivity contribution in [2.24, 2.45) is 0 Å². The molecule has 4 aromatic heterocycles. The first-order chi connectivity index (χ1) is 48.6. The predicted molar refractivity (Wildman–Crippen MR) is 417 cm³/mol. The van der Waals surface area contributed by atoms with Gasteiger partial charge in [0, 0.05) is 130 Å². The normalized spacial score (nSPS) is 11.5. The lowest BCUT2D eigenvalue weighted by Crippen LogP contribution is -2.10. The van der Waals surface area contributed by atoms with E-state index >= 15 is 0 Å². The predicted octanol–water partition coefficient (Wildman–Crippen LogP) is 27.5. The Morgan fingerprint density at radius 1 is 0.163 bits per heavy atom. The summed E-state index contributed by atoms with van der Waals surface area (Å²) in [6.45, 7) is 0. The number of thiophene rings is 2. The average Bonchev–Trinajstić information content (AvgIpc) is 1.62. The Bertz CT molecular complexity index is 6010. The summed E-state index contributed by atoms with van der Waals surface area (Å²) < 4.78 is 17.4. The van der Waals surface area contributed by atoms with Crippen molar-refractivity contribution in [3.8, 4) is 11.1 Å². The minimum Gasteiger partial charge on any atom is -0.456 e. The summed E-state index contributed by atoms with van der Waals surface area (Å²) in [6, 6.07) is 129. The van der Waals surface area contributed by atoms with Crippen LogP contribution in [0.15, 0.2) is 373 Å². The van der Waals surface area contributed by atoms with Gasteiger partial charge in [0.05, 0.1) is 0 Å². The van der Waals surface area contributed by atoms with E-state index < -0.39 is 0 Å². The summed E-state index contributed by atoms with van der Waals surface area (Å²) >= 11 is 3.68. The Kier molecular flexibility index (Phi) is 14.8. The van der Waals surface area contributed by atoms with E-state index in [1.807, 2.05) is 46.9 Å². The van der Waals surface area contributed by atoms with Gasteiger partial charge in [-0.3, -0.25) is 0 Å². The number of hydrogen-bond donors (Lipinski definition) is 0. The number of nitrogens with zero attached hydrogens (tertiary/aromatic N) is 4. The molecule has 0 radical (unpaired) electrons. The fourth-order valence-electron chi connectivity index (χ4n) is 13.9. The second-order valence-electron chi connectivity index (χ2n) is 24.4. The highest BCUT2D eigenvalue weighted by Gasteiger charge is 2.22. The Morgan fingerprint density at radius 3 is 0.867 bits per heavy atom. The van der Waals surface area contributed by atoms with E-state index in [9.17, 15) is 0 Å². The zero-order valence-corrected chi connectivity index (χ0v) is 54.7. The minimum absolute atomic E-state index is 0.888. The molecule has 0 fully saturated rings. The Labute approximate surface area is 574 Å². The second kappa shape index (κ2) is 25.0. The molecule has 6 nitrogen and oxygen atoms in total. The molecule has 19 aromatic rings. The molecule has 464 valence electrons. The summed E-state index contributed by atoms with van der Waals surface area (Å²) in [5, 5.41) is 9.50. The maximum atomic E-state index is 6.23. The smallest absolute Gasteiger partial charge is 0.135 e. The molecule has 0 aliphatic rings. The van der Waals surface area contributed by atoms with Gasteiger partial charge in [0.2, 0.25) is 0 Å². The van der Waals surface area contributed by atoms with Crippen LogP contribution in [-0.2, 0) is 0 Å². The van der Waals surface area contributed by atoms with E-state index in [4.69, 9.17) is 8.83 Å². The van der Waals surface area contributed by atoms with Crippen molar-refractivity contribution in [2.75, 3.05) is 19.6 Å². The van der Waals surface area contributed by atoms with Crippen molar-refractivity contribution in [1.29, 1.82) is 0 Å². The van der Waals surface area contributed by atoms with Crippen LogP contribution in [0.5, 0.6) is 0 Å². The molecule has 0 atom stereocenters. The van der Waals surface area contributed by atoms with Crippen molar-refractivity contribution in [2.45, 2.75) is 0 Å². The van der Waals surface area contributed by atoms with Crippen molar-refractivity contribution in [3.05, 3.63) is 364 Å². The number of anilines is 12. The fraction of sp³-hybridized carbons (Fsp3) is 0. The lowest BCUT2D eigenvalue weighted by molar-refractivity contribution is 0.668. The molecule has 0 saturated carbocycles. The molecular weight excluding hydrogens is 1230 g/mol. The molecule has 0 N–H and O–H groups in total. The van der Waals surface area contributed by atoms with Crippen LogP contribution in [0.3, 0.4) is 0 Å². The standard InChI is InChI=1S/C48H32N2OS.C42H28N2OS/c1-4-13-33(14-5-1)34-15-12-20-37(29-34)50(38-24-27-46-43(30-38)41-21-10-11-22-45(41)51-46)40-23-26-42-44-31-39(25-28-47(44)52-48(42)32-40)49(35-16-6-2-7-17-35)36-18-8-3-9-19-36;1-4-12-29(13-5-1)43(30-14-6-2-7-15-30)33-22-25-41-38(27-33)36-23-20-34(28-42(36)46-41)44(31-16-8-3-9-17-31)32-21-24-40-37(26-32)35-18-10-11-19-39(35)45-40/h1-32H;1-28H. The van der Waals surface area contributed by atoms with Crippen LogP contribution in [0, 0.1) is 0 Å². The fourth-order valence-corrected chi connectivity index (χ4v) is 16.1. The average molecular weight is 1290 g/mol. The Balaban J connectivity index is 0.000000143. The van der Waals surface area contributed by atoms with Crippen LogP contribution in [0.1, 0.15) is 0 Å².